The number of hydrogen-bond acceptors (Lipinski definition) is 1. The van der Waals surface area contributed by atoms with Crippen molar-refractivity contribution >= 4 is 0 Å². The Bertz CT molecular complexity index is 162. The van der Waals surface area contributed by atoms with Crippen LogP contribution in [0.3, 0.4) is 0 Å². The molecule has 3 unspecified atom stereocenters. The molecule has 0 N–H and O–H groups in total. The Morgan fingerprint density at radius 2 is 2.27 bits per heavy atom. The van der Waals surface area contributed by atoms with Gasteiger partial charge in [-0.1, -0.05) is 19.1 Å². The molecule has 0 spiro atoms. The lowest BCUT2D eigenvalue weighted by molar-refractivity contribution is 0.370. The maximum absolute atomic E-state index is 5.45. The minimum absolute atomic E-state index is 0.634. The number of allylic oxidation sites excluding steroid dienone is 2. The van der Waals surface area contributed by atoms with Gasteiger partial charge in [-0.3, -0.25) is 0 Å². The largest absolute Gasteiger partial charge is 0.370 e. The number of hydrogen-bond donors (Lipinski definition) is 0. The zero-order valence-electron chi connectivity index (χ0n) is 7.12. The molecule has 1 aliphatic carbocycles. The van der Waals surface area contributed by atoms with Gasteiger partial charge >= 0.3 is 0 Å². The lowest BCUT2D eigenvalue weighted by atomic mass is 9.89. The van der Waals surface area contributed by atoms with Crippen LogP contribution in [0, 0.1) is 5.92 Å². The molecule has 0 bridgehead atoms. The molecule has 1 saturated heterocycles. The van der Waals surface area contributed by atoms with Gasteiger partial charge in [-0.2, -0.15) is 0 Å². The lowest BCUT2D eigenvalue weighted by Gasteiger charge is -2.13. The average Bonchev–Trinajstić information content (AvgIpc) is 2.78. The zero-order valence-corrected chi connectivity index (χ0v) is 7.12. The molecule has 0 aromatic rings. The molecule has 0 radical (unpaired) electrons. The normalized spacial score (nSPS) is 42.5. The number of epoxide rings is 1. The van der Waals surface area contributed by atoms with Crippen molar-refractivity contribution in [2.45, 2.75) is 44.8 Å². The third kappa shape index (κ3) is 1.64. The van der Waals surface area contributed by atoms with Crippen LogP contribution in [0.1, 0.15) is 32.6 Å². The van der Waals surface area contributed by atoms with Crippen LogP contribution in [-0.2, 0) is 4.74 Å². The van der Waals surface area contributed by atoms with Gasteiger partial charge in [0.1, 0.15) is 0 Å². The highest BCUT2D eigenvalue weighted by Crippen LogP contribution is 2.39. The van der Waals surface area contributed by atoms with E-state index in [1.807, 2.05) is 0 Å². The summed E-state index contributed by atoms with van der Waals surface area (Å²) in [5.74, 6) is 0.818. The van der Waals surface area contributed by atoms with Crippen molar-refractivity contribution < 1.29 is 4.74 Å². The molecular formula is C10H16O. The first kappa shape index (κ1) is 7.35. The SMILES string of the molecule is CCC=CC1CCC2OC2C1. The van der Waals surface area contributed by atoms with Crippen molar-refractivity contribution in [2.24, 2.45) is 5.92 Å². The van der Waals surface area contributed by atoms with E-state index in [0.717, 1.165) is 5.92 Å². The summed E-state index contributed by atoms with van der Waals surface area (Å²) in [6.45, 7) is 2.19. The van der Waals surface area contributed by atoms with Crippen molar-refractivity contribution in [2.75, 3.05) is 0 Å². The van der Waals surface area contributed by atoms with Gasteiger partial charge in [-0.15, -0.1) is 0 Å². The average molecular weight is 152 g/mol. The van der Waals surface area contributed by atoms with E-state index in [2.05, 4.69) is 19.1 Å². The van der Waals surface area contributed by atoms with Crippen molar-refractivity contribution in [3.63, 3.8) is 0 Å². The fourth-order valence-electron chi connectivity index (χ4n) is 1.94. The highest BCUT2D eigenvalue weighted by atomic mass is 16.6. The van der Waals surface area contributed by atoms with Gasteiger partial charge in [0, 0.05) is 0 Å². The highest BCUT2D eigenvalue weighted by molar-refractivity contribution is 4.99. The Kier molecular flexibility index (Phi) is 1.99. The van der Waals surface area contributed by atoms with Crippen LogP contribution in [0.2, 0.25) is 0 Å². The van der Waals surface area contributed by atoms with E-state index in [9.17, 15) is 0 Å². The number of fused-ring (bicyclic) bond motifs is 1. The predicted octanol–water partition coefficient (Wildman–Crippen LogP) is 2.52. The zero-order chi connectivity index (χ0) is 7.68. The number of ether oxygens (including phenoxy) is 1. The lowest BCUT2D eigenvalue weighted by Crippen LogP contribution is -2.10. The molecule has 62 valence electrons. The first-order chi connectivity index (χ1) is 5.40. The van der Waals surface area contributed by atoms with E-state index >= 15 is 0 Å². The van der Waals surface area contributed by atoms with Crippen LogP contribution in [0.5, 0.6) is 0 Å². The smallest absolute Gasteiger partial charge is 0.0847 e. The molecule has 11 heavy (non-hydrogen) atoms. The van der Waals surface area contributed by atoms with Crippen molar-refractivity contribution in [1.82, 2.24) is 0 Å². The Morgan fingerprint density at radius 1 is 1.36 bits per heavy atom. The van der Waals surface area contributed by atoms with E-state index in [0.29, 0.717) is 12.2 Å². The number of rotatable bonds is 2. The maximum Gasteiger partial charge on any atom is 0.0847 e. The first-order valence-electron chi connectivity index (χ1n) is 4.72. The second-order valence-electron chi connectivity index (χ2n) is 3.62. The molecule has 0 amide bonds. The van der Waals surface area contributed by atoms with Gasteiger partial charge in [-0.05, 0) is 31.6 Å². The summed E-state index contributed by atoms with van der Waals surface area (Å²) in [5.41, 5.74) is 0. The van der Waals surface area contributed by atoms with Crippen molar-refractivity contribution in [3.8, 4) is 0 Å². The molecule has 1 saturated carbocycles. The molecule has 2 rings (SSSR count). The fraction of sp³-hybridized carbons (Fsp3) is 0.800. The van der Waals surface area contributed by atoms with Crippen LogP contribution < -0.4 is 0 Å². The molecule has 2 fully saturated rings. The van der Waals surface area contributed by atoms with E-state index in [1.165, 1.54) is 25.7 Å². The second-order valence-corrected chi connectivity index (χ2v) is 3.62. The van der Waals surface area contributed by atoms with Gasteiger partial charge in [0.2, 0.25) is 0 Å². The molecule has 2 aliphatic rings. The molecule has 0 aromatic heterocycles. The summed E-state index contributed by atoms with van der Waals surface area (Å²) >= 11 is 0. The van der Waals surface area contributed by atoms with Crippen molar-refractivity contribution in [3.05, 3.63) is 12.2 Å². The first-order valence-corrected chi connectivity index (χ1v) is 4.72. The molecule has 3 atom stereocenters. The summed E-state index contributed by atoms with van der Waals surface area (Å²) in [4.78, 5) is 0. The van der Waals surface area contributed by atoms with E-state index in [1.54, 1.807) is 0 Å². The monoisotopic (exact) mass is 152 g/mol. The van der Waals surface area contributed by atoms with Crippen LogP contribution in [-0.4, -0.2) is 12.2 Å². The van der Waals surface area contributed by atoms with Gasteiger partial charge in [0.25, 0.3) is 0 Å². The Morgan fingerprint density at radius 3 is 3.00 bits per heavy atom. The van der Waals surface area contributed by atoms with Crippen molar-refractivity contribution in [1.29, 1.82) is 0 Å². The molecule has 1 heteroatoms. The van der Waals surface area contributed by atoms with Crippen LogP contribution in [0.15, 0.2) is 12.2 Å². The van der Waals surface area contributed by atoms with Gasteiger partial charge in [0.15, 0.2) is 0 Å². The van der Waals surface area contributed by atoms with Gasteiger partial charge < -0.3 is 4.74 Å². The van der Waals surface area contributed by atoms with Crippen LogP contribution in [0.25, 0.3) is 0 Å². The van der Waals surface area contributed by atoms with Gasteiger partial charge in [-0.25, -0.2) is 0 Å². The molecule has 0 aromatic carbocycles. The van der Waals surface area contributed by atoms with E-state index in [-0.39, 0.29) is 0 Å². The van der Waals surface area contributed by atoms with Gasteiger partial charge in [0.05, 0.1) is 12.2 Å². The van der Waals surface area contributed by atoms with E-state index < -0.39 is 0 Å². The quantitative estimate of drug-likeness (QED) is 0.437. The standard InChI is InChI=1S/C10H16O/c1-2-3-4-8-5-6-9-10(7-8)11-9/h3-4,8-10H,2,5-7H2,1H3. The van der Waals surface area contributed by atoms with Crippen LogP contribution >= 0.6 is 0 Å². The minimum Gasteiger partial charge on any atom is -0.370 e. The summed E-state index contributed by atoms with van der Waals surface area (Å²) in [7, 11) is 0. The third-order valence-electron chi connectivity index (χ3n) is 2.69. The topological polar surface area (TPSA) is 12.5 Å². The molecular weight excluding hydrogens is 136 g/mol. The van der Waals surface area contributed by atoms with Crippen LogP contribution in [0.4, 0.5) is 0 Å². The fourth-order valence-corrected chi connectivity index (χ4v) is 1.94. The second kappa shape index (κ2) is 2.98. The third-order valence-corrected chi connectivity index (χ3v) is 2.69. The Balaban J connectivity index is 1.81. The predicted molar refractivity (Wildman–Crippen MR) is 45.4 cm³/mol. The summed E-state index contributed by atoms with van der Waals surface area (Å²) in [6, 6.07) is 0. The minimum atomic E-state index is 0.634. The van der Waals surface area contributed by atoms with E-state index in [4.69, 9.17) is 4.74 Å². The Labute approximate surface area is 68.4 Å². The summed E-state index contributed by atoms with van der Waals surface area (Å²) in [6.07, 6.45) is 11.0. The summed E-state index contributed by atoms with van der Waals surface area (Å²) < 4.78 is 5.45. The Hall–Kier alpha value is -0.300. The molecule has 1 heterocycles. The molecule has 1 aliphatic heterocycles. The summed E-state index contributed by atoms with van der Waals surface area (Å²) in [5, 5.41) is 0. The molecule has 1 nitrogen and oxygen atoms in total. The maximum atomic E-state index is 5.45. The highest BCUT2D eigenvalue weighted by Gasteiger charge is 2.42.